The Morgan fingerprint density at radius 1 is 1.21 bits per heavy atom. The molecular formula is C13H16O. The van der Waals surface area contributed by atoms with Crippen molar-refractivity contribution in [1.29, 1.82) is 0 Å². The first-order valence-corrected chi connectivity index (χ1v) is 5.25. The molecule has 1 aliphatic rings. The van der Waals surface area contributed by atoms with Crippen molar-refractivity contribution in [3.05, 3.63) is 41.5 Å². The van der Waals surface area contributed by atoms with E-state index in [2.05, 4.69) is 18.2 Å². The van der Waals surface area contributed by atoms with Gasteiger partial charge in [-0.15, -0.1) is 0 Å². The highest BCUT2D eigenvalue weighted by Gasteiger charge is 2.07. The summed E-state index contributed by atoms with van der Waals surface area (Å²) in [5.74, 6) is 0. The standard InChI is InChI=1S/C13H16O/c1-10(14)11-6-8-13(9-7-11)12-4-2-3-5-12/h4,6-10,14H,2-3,5H2,1H3. The van der Waals surface area contributed by atoms with Crippen LogP contribution in [0.15, 0.2) is 30.3 Å². The zero-order valence-electron chi connectivity index (χ0n) is 8.53. The second kappa shape index (κ2) is 3.97. The van der Waals surface area contributed by atoms with Crippen molar-refractivity contribution in [2.24, 2.45) is 0 Å². The summed E-state index contributed by atoms with van der Waals surface area (Å²) in [4.78, 5) is 0. The summed E-state index contributed by atoms with van der Waals surface area (Å²) in [7, 11) is 0. The Bertz CT molecular complexity index is 333. The molecule has 14 heavy (non-hydrogen) atoms. The quantitative estimate of drug-likeness (QED) is 0.755. The molecule has 0 aromatic heterocycles. The van der Waals surface area contributed by atoms with Gasteiger partial charge in [0.1, 0.15) is 0 Å². The molecular weight excluding hydrogens is 172 g/mol. The Morgan fingerprint density at radius 2 is 1.93 bits per heavy atom. The van der Waals surface area contributed by atoms with E-state index in [-0.39, 0.29) is 6.10 Å². The zero-order valence-corrected chi connectivity index (χ0v) is 8.53. The maximum Gasteiger partial charge on any atom is 0.0761 e. The van der Waals surface area contributed by atoms with Gasteiger partial charge in [-0.05, 0) is 42.9 Å². The van der Waals surface area contributed by atoms with Crippen LogP contribution in [0.4, 0.5) is 0 Å². The first-order valence-electron chi connectivity index (χ1n) is 5.25. The van der Waals surface area contributed by atoms with E-state index in [9.17, 15) is 5.11 Å². The summed E-state index contributed by atoms with van der Waals surface area (Å²) < 4.78 is 0. The van der Waals surface area contributed by atoms with Crippen molar-refractivity contribution >= 4 is 5.57 Å². The lowest BCUT2D eigenvalue weighted by atomic mass is 10.0. The summed E-state index contributed by atoms with van der Waals surface area (Å²) in [6.45, 7) is 1.80. The third kappa shape index (κ3) is 1.88. The van der Waals surface area contributed by atoms with E-state index >= 15 is 0 Å². The number of hydrogen-bond donors (Lipinski definition) is 1. The minimum Gasteiger partial charge on any atom is -0.389 e. The largest absolute Gasteiger partial charge is 0.389 e. The molecule has 1 nitrogen and oxygen atoms in total. The third-order valence-corrected chi connectivity index (χ3v) is 2.80. The number of benzene rings is 1. The fourth-order valence-electron chi connectivity index (χ4n) is 1.91. The Hall–Kier alpha value is -1.08. The van der Waals surface area contributed by atoms with Crippen molar-refractivity contribution in [1.82, 2.24) is 0 Å². The zero-order chi connectivity index (χ0) is 9.97. The number of hydrogen-bond acceptors (Lipinski definition) is 1. The van der Waals surface area contributed by atoms with E-state index in [0.29, 0.717) is 0 Å². The Kier molecular flexibility index (Phi) is 2.69. The number of allylic oxidation sites excluding steroid dienone is 2. The van der Waals surface area contributed by atoms with Gasteiger partial charge < -0.3 is 5.11 Å². The Morgan fingerprint density at radius 3 is 2.43 bits per heavy atom. The van der Waals surface area contributed by atoms with Gasteiger partial charge in [0.2, 0.25) is 0 Å². The summed E-state index contributed by atoms with van der Waals surface area (Å²) >= 11 is 0. The van der Waals surface area contributed by atoms with Crippen LogP contribution in [-0.2, 0) is 0 Å². The second-order valence-electron chi connectivity index (χ2n) is 3.92. The number of aliphatic hydroxyl groups is 1. The normalized spacial score (nSPS) is 18.0. The van der Waals surface area contributed by atoms with Crippen LogP contribution in [0.1, 0.15) is 43.4 Å². The molecule has 1 unspecified atom stereocenters. The SMILES string of the molecule is CC(O)c1ccc(C2=CCCC2)cc1. The van der Waals surface area contributed by atoms with Crippen LogP contribution >= 0.6 is 0 Å². The molecule has 0 saturated carbocycles. The Labute approximate surface area is 85.1 Å². The van der Waals surface area contributed by atoms with Crippen molar-refractivity contribution in [2.45, 2.75) is 32.3 Å². The highest BCUT2D eigenvalue weighted by Crippen LogP contribution is 2.28. The minimum atomic E-state index is -0.360. The van der Waals surface area contributed by atoms with Gasteiger partial charge >= 0.3 is 0 Å². The van der Waals surface area contributed by atoms with Gasteiger partial charge in [-0.2, -0.15) is 0 Å². The fourth-order valence-corrected chi connectivity index (χ4v) is 1.91. The summed E-state index contributed by atoms with van der Waals surface area (Å²) in [6.07, 6.45) is 5.66. The Balaban J connectivity index is 2.21. The van der Waals surface area contributed by atoms with E-state index < -0.39 is 0 Å². The minimum absolute atomic E-state index is 0.360. The lowest BCUT2D eigenvalue weighted by molar-refractivity contribution is 0.199. The average molecular weight is 188 g/mol. The average Bonchev–Trinajstić information content (AvgIpc) is 2.71. The van der Waals surface area contributed by atoms with Gasteiger partial charge in [-0.1, -0.05) is 30.3 Å². The second-order valence-corrected chi connectivity index (χ2v) is 3.92. The lowest BCUT2D eigenvalue weighted by Crippen LogP contribution is -1.90. The van der Waals surface area contributed by atoms with Gasteiger partial charge in [0, 0.05) is 0 Å². The van der Waals surface area contributed by atoms with Gasteiger partial charge in [-0.25, -0.2) is 0 Å². The number of aliphatic hydroxyl groups excluding tert-OH is 1. The molecule has 0 spiro atoms. The molecule has 1 atom stereocenters. The molecule has 0 fully saturated rings. The first kappa shape index (κ1) is 9.47. The van der Waals surface area contributed by atoms with Crippen molar-refractivity contribution in [3.8, 4) is 0 Å². The molecule has 74 valence electrons. The van der Waals surface area contributed by atoms with Gasteiger partial charge in [-0.3, -0.25) is 0 Å². The van der Waals surface area contributed by atoms with Crippen LogP contribution in [-0.4, -0.2) is 5.11 Å². The van der Waals surface area contributed by atoms with Gasteiger partial charge in [0.15, 0.2) is 0 Å². The molecule has 1 heteroatoms. The molecule has 1 aliphatic carbocycles. The van der Waals surface area contributed by atoms with Crippen LogP contribution < -0.4 is 0 Å². The maximum atomic E-state index is 9.37. The van der Waals surface area contributed by atoms with E-state index in [1.165, 1.54) is 30.4 Å². The van der Waals surface area contributed by atoms with E-state index in [1.807, 2.05) is 12.1 Å². The molecule has 0 aliphatic heterocycles. The van der Waals surface area contributed by atoms with E-state index in [4.69, 9.17) is 0 Å². The molecule has 1 aromatic carbocycles. The molecule has 1 aromatic rings. The molecule has 0 radical (unpaired) electrons. The summed E-state index contributed by atoms with van der Waals surface area (Å²) in [6, 6.07) is 8.25. The van der Waals surface area contributed by atoms with Crippen LogP contribution in [0, 0.1) is 0 Å². The fraction of sp³-hybridized carbons (Fsp3) is 0.385. The van der Waals surface area contributed by atoms with Crippen LogP contribution in [0.2, 0.25) is 0 Å². The molecule has 0 heterocycles. The molecule has 2 rings (SSSR count). The van der Waals surface area contributed by atoms with Crippen LogP contribution in [0.3, 0.4) is 0 Å². The molecule has 0 amide bonds. The van der Waals surface area contributed by atoms with Gasteiger partial charge in [0.25, 0.3) is 0 Å². The predicted octanol–water partition coefficient (Wildman–Crippen LogP) is 3.31. The van der Waals surface area contributed by atoms with Gasteiger partial charge in [0.05, 0.1) is 6.10 Å². The molecule has 0 saturated heterocycles. The van der Waals surface area contributed by atoms with E-state index in [1.54, 1.807) is 6.92 Å². The maximum absolute atomic E-state index is 9.37. The van der Waals surface area contributed by atoms with Crippen LogP contribution in [0.5, 0.6) is 0 Å². The topological polar surface area (TPSA) is 20.2 Å². The lowest BCUT2D eigenvalue weighted by Gasteiger charge is -2.06. The third-order valence-electron chi connectivity index (χ3n) is 2.80. The highest BCUT2D eigenvalue weighted by molar-refractivity contribution is 5.67. The number of rotatable bonds is 2. The van der Waals surface area contributed by atoms with Crippen LogP contribution in [0.25, 0.3) is 5.57 Å². The van der Waals surface area contributed by atoms with E-state index in [0.717, 1.165) is 5.56 Å². The molecule has 1 N–H and O–H groups in total. The monoisotopic (exact) mass is 188 g/mol. The van der Waals surface area contributed by atoms with Crippen molar-refractivity contribution in [2.75, 3.05) is 0 Å². The first-order chi connectivity index (χ1) is 6.77. The smallest absolute Gasteiger partial charge is 0.0761 e. The van der Waals surface area contributed by atoms with Crippen molar-refractivity contribution in [3.63, 3.8) is 0 Å². The van der Waals surface area contributed by atoms with Crippen molar-refractivity contribution < 1.29 is 5.11 Å². The molecule has 0 bridgehead atoms. The summed E-state index contributed by atoms with van der Waals surface area (Å²) in [5, 5.41) is 9.37. The predicted molar refractivity (Wildman–Crippen MR) is 58.9 cm³/mol. The summed E-state index contributed by atoms with van der Waals surface area (Å²) in [5.41, 5.74) is 3.77. The highest BCUT2D eigenvalue weighted by atomic mass is 16.3.